The molecule has 1 N–H and O–H groups in total. The van der Waals surface area contributed by atoms with Gasteiger partial charge in [-0.05, 0) is 36.8 Å². The number of pyridine rings is 1. The third-order valence-corrected chi connectivity index (χ3v) is 2.92. The Morgan fingerprint density at radius 3 is 2.70 bits per heavy atom. The summed E-state index contributed by atoms with van der Waals surface area (Å²) >= 11 is 5.71. The van der Waals surface area contributed by atoms with Crippen molar-refractivity contribution in [2.45, 2.75) is 19.6 Å². The molecule has 6 heteroatoms. The fourth-order valence-electron chi connectivity index (χ4n) is 1.75. The van der Waals surface area contributed by atoms with E-state index in [4.69, 9.17) is 11.6 Å². The minimum atomic E-state index is -2.83. The van der Waals surface area contributed by atoms with Gasteiger partial charge in [0.1, 0.15) is 10.9 Å². The molecule has 3 nitrogen and oxygen atoms in total. The molecule has 0 amide bonds. The molecule has 0 aliphatic carbocycles. The molecular weight excluding hydrogens is 286 g/mol. The van der Waals surface area contributed by atoms with Crippen molar-refractivity contribution in [1.29, 1.82) is 0 Å². The average Bonchev–Trinajstić information content (AvgIpc) is 2.41. The average molecular weight is 299 g/mol. The SMILES string of the molecule is CC(Nc1ccc(Cl)nc1)c1cccc(OC(F)F)c1. The van der Waals surface area contributed by atoms with Crippen molar-refractivity contribution < 1.29 is 13.5 Å². The summed E-state index contributed by atoms with van der Waals surface area (Å²) in [5.41, 5.74) is 1.63. The molecule has 0 spiro atoms. The number of anilines is 1. The first-order valence-corrected chi connectivity index (χ1v) is 6.35. The maximum absolute atomic E-state index is 12.2. The van der Waals surface area contributed by atoms with E-state index in [0.29, 0.717) is 5.15 Å². The van der Waals surface area contributed by atoms with Crippen molar-refractivity contribution in [3.63, 3.8) is 0 Å². The largest absolute Gasteiger partial charge is 0.435 e. The number of alkyl halides is 2. The molecule has 0 bridgehead atoms. The van der Waals surface area contributed by atoms with Crippen molar-refractivity contribution in [2.24, 2.45) is 0 Å². The normalized spacial score (nSPS) is 12.2. The standard InChI is InChI=1S/C14H13ClF2N2O/c1-9(19-11-5-6-13(15)18-8-11)10-3-2-4-12(7-10)20-14(16)17/h2-9,14,19H,1H3. The van der Waals surface area contributed by atoms with Crippen LogP contribution in [-0.4, -0.2) is 11.6 Å². The number of hydrogen-bond acceptors (Lipinski definition) is 3. The molecule has 2 rings (SSSR count). The second kappa shape index (κ2) is 6.52. The Morgan fingerprint density at radius 2 is 2.05 bits per heavy atom. The minimum Gasteiger partial charge on any atom is -0.435 e. The van der Waals surface area contributed by atoms with E-state index in [1.807, 2.05) is 13.0 Å². The number of aromatic nitrogens is 1. The Bertz CT molecular complexity index is 563. The third kappa shape index (κ3) is 4.06. The number of nitrogens with zero attached hydrogens (tertiary/aromatic N) is 1. The zero-order valence-electron chi connectivity index (χ0n) is 10.7. The van der Waals surface area contributed by atoms with Gasteiger partial charge in [0.2, 0.25) is 0 Å². The third-order valence-electron chi connectivity index (χ3n) is 2.69. The van der Waals surface area contributed by atoms with E-state index in [2.05, 4.69) is 15.0 Å². The maximum Gasteiger partial charge on any atom is 0.387 e. The van der Waals surface area contributed by atoms with Crippen LogP contribution in [0.25, 0.3) is 0 Å². The molecule has 1 atom stereocenters. The summed E-state index contributed by atoms with van der Waals surface area (Å²) in [4.78, 5) is 3.96. The molecule has 2 aromatic rings. The summed E-state index contributed by atoms with van der Waals surface area (Å²) < 4.78 is 28.7. The van der Waals surface area contributed by atoms with Gasteiger partial charge in [0.25, 0.3) is 0 Å². The van der Waals surface area contributed by atoms with E-state index < -0.39 is 6.61 Å². The number of ether oxygens (including phenoxy) is 1. The molecule has 0 radical (unpaired) electrons. The van der Waals surface area contributed by atoms with Crippen LogP contribution in [0.4, 0.5) is 14.5 Å². The topological polar surface area (TPSA) is 34.2 Å². The van der Waals surface area contributed by atoms with Crippen molar-refractivity contribution in [2.75, 3.05) is 5.32 Å². The van der Waals surface area contributed by atoms with Crippen molar-refractivity contribution >= 4 is 17.3 Å². The zero-order chi connectivity index (χ0) is 14.5. The van der Waals surface area contributed by atoms with Gasteiger partial charge in [0.15, 0.2) is 0 Å². The van der Waals surface area contributed by atoms with Crippen LogP contribution in [0.5, 0.6) is 5.75 Å². The van der Waals surface area contributed by atoms with Crippen molar-refractivity contribution in [3.05, 3.63) is 53.3 Å². The van der Waals surface area contributed by atoms with E-state index in [1.165, 1.54) is 6.07 Å². The van der Waals surface area contributed by atoms with Crippen molar-refractivity contribution in [1.82, 2.24) is 4.98 Å². The number of benzene rings is 1. The Kier molecular flexibility index (Phi) is 4.74. The highest BCUT2D eigenvalue weighted by atomic mass is 35.5. The summed E-state index contributed by atoms with van der Waals surface area (Å²) in [6, 6.07) is 9.96. The van der Waals surface area contributed by atoms with Gasteiger partial charge in [-0.25, -0.2) is 4.98 Å². The lowest BCUT2D eigenvalue weighted by atomic mass is 10.1. The van der Waals surface area contributed by atoms with Gasteiger partial charge in [-0.2, -0.15) is 8.78 Å². The molecule has 106 valence electrons. The second-order valence-corrected chi connectivity index (χ2v) is 4.57. The van der Waals surface area contributed by atoms with Gasteiger partial charge >= 0.3 is 6.61 Å². The molecule has 1 unspecified atom stereocenters. The fraction of sp³-hybridized carbons (Fsp3) is 0.214. The van der Waals surface area contributed by atoms with Gasteiger partial charge in [-0.1, -0.05) is 23.7 Å². The first kappa shape index (κ1) is 14.5. The number of nitrogens with one attached hydrogen (secondary N) is 1. The highest BCUT2D eigenvalue weighted by Crippen LogP contribution is 2.23. The Labute approximate surface area is 120 Å². The van der Waals surface area contributed by atoms with Crippen LogP contribution in [0.15, 0.2) is 42.6 Å². The molecule has 0 aliphatic heterocycles. The van der Waals surface area contributed by atoms with E-state index in [9.17, 15) is 8.78 Å². The molecule has 0 aliphatic rings. The van der Waals surface area contributed by atoms with Crippen LogP contribution in [0.3, 0.4) is 0 Å². The van der Waals surface area contributed by atoms with Crippen LogP contribution in [0.2, 0.25) is 5.15 Å². The highest BCUT2D eigenvalue weighted by molar-refractivity contribution is 6.29. The Balaban J connectivity index is 2.08. The lowest BCUT2D eigenvalue weighted by Crippen LogP contribution is -2.08. The van der Waals surface area contributed by atoms with Gasteiger partial charge in [0, 0.05) is 6.04 Å². The molecule has 0 saturated carbocycles. The van der Waals surface area contributed by atoms with Crippen LogP contribution in [-0.2, 0) is 0 Å². The predicted octanol–water partition coefficient (Wildman–Crippen LogP) is 4.51. The summed E-state index contributed by atoms with van der Waals surface area (Å²) in [7, 11) is 0. The van der Waals surface area contributed by atoms with Gasteiger partial charge in [-0.15, -0.1) is 0 Å². The number of halogens is 3. The molecule has 0 fully saturated rings. The summed E-state index contributed by atoms with van der Waals surface area (Å²) in [5, 5.41) is 3.61. The lowest BCUT2D eigenvalue weighted by Gasteiger charge is -2.16. The predicted molar refractivity (Wildman–Crippen MR) is 74.4 cm³/mol. The van der Waals surface area contributed by atoms with Crippen LogP contribution >= 0.6 is 11.6 Å². The van der Waals surface area contributed by atoms with E-state index in [1.54, 1.807) is 30.5 Å². The lowest BCUT2D eigenvalue weighted by molar-refractivity contribution is -0.0498. The van der Waals surface area contributed by atoms with E-state index >= 15 is 0 Å². The van der Waals surface area contributed by atoms with Gasteiger partial charge in [-0.3, -0.25) is 0 Å². The molecule has 1 aromatic carbocycles. The number of rotatable bonds is 5. The Morgan fingerprint density at radius 1 is 1.25 bits per heavy atom. The van der Waals surface area contributed by atoms with E-state index in [-0.39, 0.29) is 11.8 Å². The maximum atomic E-state index is 12.2. The highest BCUT2D eigenvalue weighted by Gasteiger charge is 2.09. The molecule has 0 saturated heterocycles. The zero-order valence-corrected chi connectivity index (χ0v) is 11.4. The Hall–Kier alpha value is -1.88. The smallest absolute Gasteiger partial charge is 0.387 e. The first-order chi connectivity index (χ1) is 9.54. The van der Waals surface area contributed by atoms with Crippen LogP contribution in [0.1, 0.15) is 18.5 Å². The summed E-state index contributed by atoms with van der Waals surface area (Å²) in [6.07, 6.45) is 1.61. The fourth-order valence-corrected chi connectivity index (χ4v) is 1.87. The van der Waals surface area contributed by atoms with E-state index in [0.717, 1.165) is 11.3 Å². The monoisotopic (exact) mass is 298 g/mol. The molecular formula is C14H13ClF2N2O. The minimum absolute atomic E-state index is 0.0841. The molecule has 20 heavy (non-hydrogen) atoms. The molecule has 1 heterocycles. The van der Waals surface area contributed by atoms with Crippen LogP contribution in [0, 0.1) is 0 Å². The van der Waals surface area contributed by atoms with Gasteiger partial charge in [0.05, 0.1) is 11.9 Å². The van der Waals surface area contributed by atoms with Crippen LogP contribution < -0.4 is 10.1 Å². The number of hydrogen-bond donors (Lipinski definition) is 1. The summed E-state index contributed by atoms with van der Waals surface area (Å²) in [5.74, 6) is 0.139. The summed E-state index contributed by atoms with van der Waals surface area (Å²) in [6.45, 7) is -0.912. The quantitative estimate of drug-likeness (QED) is 0.825. The first-order valence-electron chi connectivity index (χ1n) is 5.97. The molecule has 1 aromatic heterocycles. The second-order valence-electron chi connectivity index (χ2n) is 4.19. The van der Waals surface area contributed by atoms with Crippen molar-refractivity contribution in [3.8, 4) is 5.75 Å². The van der Waals surface area contributed by atoms with Gasteiger partial charge < -0.3 is 10.1 Å².